The topological polar surface area (TPSA) is 17.3 Å². The van der Waals surface area contributed by atoms with Crippen LogP contribution in [0, 0.1) is 0 Å². The summed E-state index contributed by atoms with van der Waals surface area (Å²) in [6.07, 6.45) is 0. The van der Waals surface area contributed by atoms with E-state index in [1.807, 2.05) is 0 Å². The van der Waals surface area contributed by atoms with E-state index in [0.717, 1.165) is 32.7 Å². The smallest absolute Gasteiger partial charge is 0.0261 e. The Balaban J connectivity index is 1.68. The first-order valence-electron chi connectivity index (χ1n) is 6.92. The number of hydrogen-bond donors (Lipinski definition) is 0. The molecule has 0 atom stereocenters. The van der Waals surface area contributed by atoms with Crippen molar-refractivity contribution in [3.8, 4) is 11.1 Å². The van der Waals surface area contributed by atoms with Crippen LogP contribution in [0.4, 0.5) is 0 Å². The highest BCUT2D eigenvalue weighted by Gasteiger charge is 2.10. The summed E-state index contributed by atoms with van der Waals surface area (Å²) in [5.41, 5.74) is 3.96. The molecule has 1 fully saturated rings. The zero-order valence-corrected chi connectivity index (χ0v) is 11.1. The molecular weight excluding hydrogens is 232 g/mol. The monoisotopic (exact) mass is 251 g/mol. The molecule has 2 nitrogen and oxygen atoms in total. The van der Waals surface area contributed by atoms with Gasteiger partial charge in [-0.05, 0) is 16.7 Å². The summed E-state index contributed by atoms with van der Waals surface area (Å²) in [5.74, 6) is 0. The van der Waals surface area contributed by atoms with Gasteiger partial charge in [-0.3, -0.25) is 4.90 Å². The van der Waals surface area contributed by atoms with Gasteiger partial charge in [0.05, 0.1) is 0 Å². The summed E-state index contributed by atoms with van der Waals surface area (Å²) in [6.45, 7) is 5.22. The van der Waals surface area contributed by atoms with Gasteiger partial charge in [0.25, 0.3) is 0 Å². The summed E-state index contributed by atoms with van der Waals surface area (Å²) >= 11 is 0. The van der Waals surface area contributed by atoms with Gasteiger partial charge in [0, 0.05) is 32.7 Å². The molecule has 3 rings (SSSR count). The zero-order valence-electron chi connectivity index (χ0n) is 11.1. The first-order valence-corrected chi connectivity index (χ1v) is 6.92. The Morgan fingerprint density at radius 1 is 0.789 bits per heavy atom. The van der Waals surface area contributed by atoms with E-state index >= 15 is 0 Å². The lowest BCUT2D eigenvalue weighted by Crippen LogP contribution is -2.39. The Hall–Kier alpha value is -1.64. The van der Waals surface area contributed by atoms with E-state index in [0.29, 0.717) is 0 Å². The van der Waals surface area contributed by atoms with Crippen LogP contribution in [0.1, 0.15) is 5.56 Å². The van der Waals surface area contributed by atoms with Gasteiger partial charge in [-0.2, -0.15) is 0 Å². The van der Waals surface area contributed by atoms with Gasteiger partial charge < -0.3 is 0 Å². The molecular formula is C17H19N2. The minimum atomic E-state index is 0.988. The highest BCUT2D eigenvalue weighted by molar-refractivity contribution is 5.63. The van der Waals surface area contributed by atoms with E-state index in [4.69, 9.17) is 0 Å². The van der Waals surface area contributed by atoms with Gasteiger partial charge in [-0.15, -0.1) is 0 Å². The fourth-order valence-electron chi connectivity index (χ4n) is 2.50. The second kappa shape index (κ2) is 6.00. The van der Waals surface area contributed by atoms with E-state index in [1.54, 1.807) is 0 Å². The molecule has 0 saturated carbocycles. The van der Waals surface area contributed by atoms with Crippen LogP contribution in [0.3, 0.4) is 0 Å². The molecule has 1 radical (unpaired) electrons. The van der Waals surface area contributed by atoms with Crippen molar-refractivity contribution in [2.75, 3.05) is 26.2 Å². The lowest BCUT2D eigenvalue weighted by Gasteiger charge is -2.26. The second-order valence-electron chi connectivity index (χ2n) is 5.01. The van der Waals surface area contributed by atoms with E-state index in [1.165, 1.54) is 16.7 Å². The van der Waals surface area contributed by atoms with Crippen molar-refractivity contribution < 1.29 is 0 Å². The molecule has 19 heavy (non-hydrogen) atoms. The van der Waals surface area contributed by atoms with Crippen LogP contribution in [-0.2, 0) is 6.54 Å². The van der Waals surface area contributed by atoms with Crippen molar-refractivity contribution in [3.05, 3.63) is 60.2 Å². The molecule has 0 amide bonds. The van der Waals surface area contributed by atoms with Crippen LogP contribution in [0.15, 0.2) is 54.6 Å². The number of rotatable bonds is 3. The van der Waals surface area contributed by atoms with Crippen molar-refractivity contribution in [1.82, 2.24) is 10.2 Å². The first-order chi connectivity index (χ1) is 9.42. The number of nitrogens with zero attached hydrogens (tertiary/aromatic N) is 2. The van der Waals surface area contributed by atoms with E-state index in [2.05, 4.69) is 64.8 Å². The Kier molecular flexibility index (Phi) is 3.92. The zero-order chi connectivity index (χ0) is 12.9. The van der Waals surface area contributed by atoms with Gasteiger partial charge in [-0.1, -0.05) is 54.6 Å². The largest absolute Gasteiger partial charge is 0.296 e. The van der Waals surface area contributed by atoms with Crippen molar-refractivity contribution in [2.45, 2.75) is 6.54 Å². The number of benzene rings is 2. The maximum atomic E-state index is 4.38. The molecule has 97 valence electrons. The van der Waals surface area contributed by atoms with Crippen LogP contribution < -0.4 is 5.32 Å². The summed E-state index contributed by atoms with van der Waals surface area (Å²) < 4.78 is 0. The fraction of sp³-hybridized carbons (Fsp3) is 0.294. The molecule has 2 aromatic rings. The first kappa shape index (κ1) is 12.4. The molecule has 2 aromatic carbocycles. The molecule has 0 aromatic heterocycles. The van der Waals surface area contributed by atoms with Crippen LogP contribution in [-0.4, -0.2) is 31.1 Å². The Morgan fingerprint density at radius 3 is 2.11 bits per heavy atom. The molecule has 2 heteroatoms. The van der Waals surface area contributed by atoms with Crippen molar-refractivity contribution in [3.63, 3.8) is 0 Å². The van der Waals surface area contributed by atoms with Gasteiger partial charge in [0.15, 0.2) is 0 Å². The maximum Gasteiger partial charge on any atom is 0.0261 e. The average molecular weight is 251 g/mol. The summed E-state index contributed by atoms with van der Waals surface area (Å²) in [7, 11) is 0. The van der Waals surface area contributed by atoms with Crippen LogP contribution in [0.2, 0.25) is 0 Å². The number of piperazine rings is 1. The van der Waals surface area contributed by atoms with Gasteiger partial charge in [-0.25, -0.2) is 5.32 Å². The fourth-order valence-corrected chi connectivity index (χ4v) is 2.50. The summed E-state index contributed by atoms with van der Waals surface area (Å²) in [6, 6.07) is 19.5. The Bertz CT molecular complexity index is 499. The highest BCUT2D eigenvalue weighted by atomic mass is 15.2. The van der Waals surface area contributed by atoms with E-state index in [9.17, 15) is 0 Å². The lowest BCUT2D eigenvalue weighted by atomic mass is 10.0. The van der Waals surface area contributed by atoms with Crippen LogP contribution >= 0.6 is 0 Å². The minimum Gasteiger partial charge on any atom is -0.296 e. The summed E-state index contributed by atoms with van der Waals surface area (Å²) in [4.78, 5) is 2.48. The third-order valence-electron chi connectivity index (χ3n) is 3.62. The number of hydrogen-bond acceptors (Lipinski definition) is 1. The minimum absolute atomic E-state index is 0.988. The molecule has 1 aliphatic heterocycles. The van der Waals surface area contributed by atoms with Gasteiger partial charge in [0.1, 0.15) is 0 Å². The molecule has 1 heterocycles. The molecule has 0 bridgehead atoms. The molecule has 0 spiro atoms. The predicted octanol–water partition coefficient (Wildman–Crippen LogP) is 2.77. The maximum absolute atomic E-state index is 4.38. The lowest BCUT2D eigenvalue weighted by molar-refractivity contribution is 0.231. The summed E-state index contributed by atoms with van der Waals surface area (Å²) in [5, 5.41) is 4.38. The Morgan fingerprint density at radius 2 is 1.42 bits per heavy atom. The van der Waals surface area contributed by atoms with Crippen LogP contribution in [0.25, 0.3) is 11.1 Å². The van der Waals surface area contributed by atoms with Crippen molar-refractivity contribution in [2.24, 2.45) is 0 Å². The van der Waals surface area contributed by atoms with E-state index < -0.39 is 0 Å². The average Bonchev–Trinajstić information content (AvgIpc) is 2.50. The standard InChI is InChI=1S/C17H19N2/c1-2-4-16(5-3-1)17-8-6-15(7-9-17)14-19-12-10-18-11-13-19/h1-9H,10-14H2. The normalized spacial score (nSPS) is 16.4. The van der Waals surface area contributed by atoms with Crippen LogP contribution in [0.5, 0.6) is 0 Å². The second-order valence-corrected chi connectivity index (χ2v) is 5.01. The highest BCUT2D eigenvalue weighted by Crippen LogP contribution is 2.19. The molecule has 0 unspecified atom stereocenters. The third-order valence-corrected chi connectivity index (χ3v) is 3.62. The molecule has 0 N–H and O–H groups in total. The van der Waals surface area contributed by atoms with Crippen molar-refractivity contribution in [1.29, 1.82) is 0 Å². The molecule has 0 aliphatic carbocycles. The van der Waals surface area contributed by atoms with Crippen molar-refractivity contribution >= 4 is 0 Å². The quantitative estimate of drug-likeness (QED) is 0.820. The SMILES string of the molecule is c1ccc(-c2ccc(CN3CC[N]CC3)cc2)cc1. The third kappa shape index (κ3) is 3.22. The predicted molar refractivity (Wildman–Crippen MR) is 79.0 cm³/mol. The van der Waals surface area contributed by atoms with Gasteiger partial charge >= 0.3 is 0 Å². The Labute approximate surface area is 115 Å². The molecule has 1 saturated heterocycles. The van der Waals surface area contributed by atoms with Gasteiger partial charge in [0.2, 0.25) is 0 Å². The molecule has 1 aliphatic rings. The van der Waals surface area contributed by atoms with E-state index in [-0.39, 0.29) is 0 Å².